The van der Waals surface area contributed by atoms with Gasteiger partial charge in [0.15, 0.2) is 0 Å². The first-order valence-corrected chi connectivity index (χ1v) is 7.62. The van der Waals surface area contributed by atoms with Gasteiger partial charge in [-0.05, 0) is 65.8 Å². The molecule has 0 spiro atoms. The smallest absolute Gasteiger partial charge is 0.0492 e. The summed E-state index contributed by atoms with van der Waals surface area (Å²) in [6.07, 6.45) is 2.55. The highest BCUT2D eigenvalue weighted by Crippen LogP contribution is 2.41. The number of piperidine rings is 1. The monoisotopic (exact) mass is 302 g/mol. The number of rotatable bonds is 3. The molecule has 0 saturated carbocycles. The molecule has 0 aromatic carbocycles. The minimum Gasteiger partial charge on any atom is -0.330 e. The number of hydrogen-bond acceptors (Lipinski definition) is 3. The van der Waals surface area contributed by atoms with Crippen LogP contribution >= 0.6 is 27.3 Å². The molecule has 0 amide bonds. The minimum absolute atomic E-state index is 0.526. The summed E-state index contributed by atoms with van der Waals surface area (Å²) >= 11 is 5.51. The lowest BCUT2D eigenvalue weighted by atomic mass is 9.88. The van der Waals surface area contributed by atoms with E-state index in [0.29, 0.717) is 12.0 Å². The van der Waals surface area contributed by atoms with Crippen LogP contribution in [-0.4, -0.2) is 24.5 Å². The predicted molar refractivity (Wildman–Crippen MR) is 73.8 cm³/mol. The fourth-order valence-corrected chi connectivity index (χ4v) is 4.48. The Morgan fingerprint density at radius 1 is 1.62 bits per heavy atom. The Hall–Kier alpha value is 0.100. The Bertz CT molecular complexity index is 328. The first kappa shape index (κ1) is 12.6. The van der Waals surface area contributed by atoms with Crippen LogP contribution in [0.25, 0.3) is 0 Å². The fraction of sp³-hybridized carbons (Fsp3) is 0.667. The van der Waals surface area contributed by atoms with E-state index in [4.69, 9.17) is 5.73 Å². The van der Waals surface area contributed by atoms with Gasteiger partial charge in [0.1, 0.15) is 0 Å². The Kier molecular flexibility index (Phi) is 4.41. The van der Waals surface area contributed by atoms with E-state index in [2.05, 4.69) is 39.2 Å². The van der Waals surface area contributed by atoms with Gasteiger partial charge >= 0.3 is 0 Å². The molecule has 4 heteroatoms. The molecule has 2 heterocycles. The second kappa shape index (κ2) is 5.63. The highest BCUT2D eigenvalue weighted by molar-refractivity contribution is 9.10. The van der Waals surface area contributed by atoms with E-state index in [0.717, 1.165) is 13.1 Å². The van der Waals surface area contributed by atoms with Gasteiger partial charge in [-0.15, -0.1) is 11.3 Å². The van der Waals surface area contributed by atoms with Crippen LogP contribution in [0.1, 0.15) is 30.7 Å². The average Bonchev–Trinajstić information content (AvgIpc) is 2.74. The minimum atomic E-state index is 0.526. The van der Waals surface area contributed by atoms with Gasteiger partial charge in [0.2, 0.25) is 0 Å². The van der Waals surface area contributed by atoms with Gasteiger partial charge in [-0.3, -0.25) is 4.90 Å². The molecule has 2 unspecified atom stereocenters. The number of nitrogens with two attached hydrogens (primary N) is 1. The van der Waals surface area contributed by atoms with Crippen molar-refractivity contribution in [3.63, 3.8) is 0 Å². The molecule has 16 heavy (non-hydrogen) atoms. The van der Waals surface area contributed by atoms with Crippen LogP contribution in [0.5, 0.6) is 0 Å². The molecule has 2 nitrogen and oxygen atoms in total. The summed E-state index contributed by atoms with van der Waals surface area (Å²) < 4.78 is 1.25. The molecular formula is C12H19BrN2S. The van der Waals surface area contributed by atoms with Crippen LogP contribution in [0.4, 0.5) is 0 Å². The molecule has 1 fully saturated rings. The molecular weight excluding hydrogens is 284 g/mol. The zero-order valence-corrected chi connectivity index (χ0v) is 12.1. The molecule has 1 aromatic heterocycles. The molecule has 0 aliphatic carbocycles. The second-order valence-electron chi connectivity index (χ2n) is 4.34. The van der Waals surface area contributed by atoms with Crippen molar-refractivity contribution in [3.8, 4) is 0 Å². The first-order chi connectivity index (χ1) is 7.77. The van der Waals surface area contributed by atoms with Crippen LogP contribution in [0.3, 0.4) is 0 Å². The molecule has 1 aromatic rings. The third-order valence-electron chi connectivity index (χ3n) is 3.48. The lowest BCUT2D eigenvalue weighted by Crippen LogP contribution is -2.41. The van der Waals surface area contributed by atoms with Crippen molar-refractivity contribution in [2.24, 2.45) is 11.7 Å². The van der Waals surface area contributed by atoms with Crippen LogP contribution in [0.15, 0.2) is 15.9 Å². The summed E-state index contributed by atoms with van der Waals surface area (Å²) in [6.45, 7) is 5.37. The lowest BCUT2D eigenvalue weighted by molar-refractivity contribution is 0.104. The van der Waals surface area contributed by atoms with Gasteiger partial charge in [-0.2, -0.15) is 0 Å². The fourth-order valence-electron chi connectivity index (χ4n) is 2.65. The maximum Gasteiger partial charge on any atom is 0.0492 e. The molecule has 2 rings (SSSR count). The SMILES string of the molecule is CCN1CCCC(CN)C1c1sccc1Br. The van der Waals surface area contributed by atoms with Crippen LogP contribution < -0.4 is 5.73 Å². The van der Waals surface area contributed by atoms with Gasteiger partial charge < -0.3 is 5.73 Å². The van der Waals surface area contributed by atoms with Crippen LogP contribution in [0, 0.1) is 5.92 Å². The Balaban J connectivity index is 2.28. The van der Waals surface area contributed by atoms with E-state index in [1.807, 2.05) is 11.3 Å². The van der Waals surface area contributed by atoms with Gasteiger partial charge in [-0.25, -0.2) is 0 Å². The third-order valence-corrected chi connectivity index (χ3v) is 5.42. The second-order valence-corrected chi connectivity index (χ2v) is 6.15. The summed E-state index contributed by atoms with van der Waals surface area (Å²) in [7, 11) is 0. The van der Waals surface area contributed by atoms with Crippen molar-refractivity contribution < 1.29 is 0 Å². The normalized spacial score (nSPS) is 27.2. The van der Waals surface area contributed by atoms with Crippen molar-refractivity contribution in [1.82, 2.24) is 4.90 Å². The number of thiophene rings is 1. The molecule has 0 radical (unpaired) electrons. The van der Waals surface area contributed by atoms with E-state index >= 15 is 0 Å². The van der Waals surface area contributed by atoms with Gasteiger partial charge in [0.25, 0.3) is 0 Å². The lowest BCUT2D eigenvalue weighted by Gasteiger charge is -2.40. The average molecular weight is 303 g/mol. The summed E-state index contributed by atoms with van der Waals surface area (Å²) in [5, 5.41) is 2.16. The molecule has 1 aliphatic rings. The topological polar surface area (TPSA) is 29.3 Å². The highest BCUT2D eigenvalue weighted by atomic mass is 79.9. The van der Waals surface area contributed by atoms with Crippen molar-refractivity contribution >= 4 is 27.3 Å². The van der Waals surface area contributed by atoms with Crippen LogP contribution in [0.2, 0.25) is 0 Å². The Labute approximate surface area is 110 Å². The maximum absolute atomic E-state index is 5.93. The molecule has 2 N–H and O–H groups in total. The Morgan fingerprint density at radius 3 is 3.00 bits per heavy atom. The molecule has 0 bridgehead atoms. The van der Waals surface area contributed by atoms with Crippen LogP contribution in [-0.2, 0) is 0 Å². The van der Waals surface area contributed by atoms with Crippen molar-refractivity contribution in [2.45, 2.75) is 25.8 Å². The summed E-state index contributed by atoms with van der Waals surface area (Å²) in [6, 6.07) is 2.67. The molecule has 1 aliphatic heterocycles. The largest absolute Gasteiger partial charge is 0.330 e. The summed E-state index contributed by atoms with van der Waals surface area (Å²) in [5.41, 5.74) is 5.93. The highest BCUT2D eigenvalue weighted by Gasteiger charge is 2.32. The van der Waals surface area contributed by atoms with Crippen molar-refractivity contribution in [2.75, 3.05) is 19.6 Å². The van der Waals surface area contributed by atoms with Crippen molar-refractivity contribution in [1.29, 1.82) is 0 Å². The molecule has 90 valence electrons. The number of hydrogen-bond donors (Lipinski definition) is 1. The number of nitrogens with zero attached hydrogens (tertiary/aromatic N) is 1. The summed E-state index contributed by atoms with van der Waals surface area (Å²) in [5.74, 6) is 0.614. The maximum atomic E-state index is 5.93. The van der Waals surface area contributed by atoms with Gasteiger partial charge in [0, 0.05) is 15.4 Å². The quantitative estimate of drug-likeness (QED) is 0.929. The van der Waals surface area contributed by atoms with E-state index in [-0.39, 0.29) is 0 Å². The Morgan fingerprint density at radius 2 is 2.44 bits per heavy atom. The first-order valence-electron chi connectivity index (χ1n) is 5.95. The van der Waals surface area contributed by atoms with E-state index in [9.17, 15) is 0 Å². The molecule has 1 saturated heterocycles. The zero-order chi connectivity index (χ0) is 11.5. The predicted octanol–water partition coefficient (Wildman–Crippen LogP) is 3.24. The third kappa shape index (κ3) is 2.35. The number of likely N-dealkylation sites (tertiary alicyclic amines) is 1. The molecule has 2 atom stereocenters. The van der Waals surface area contributed by atoms with E-state index in [1.165, 1.54) is 28.7 Å². The van der Waals surface area contributed by atoms with Gasteiger partial charge in [-0.1, -0.05) is 6.92 Å². The summed E-state index contributed by atoms with van der Waals surface area (Å²) in [4.78, 5) is 4.02. The van der Waals surface area contributed by atoms with Gasteiger partial charge in [0.05, 0.1) is 0 Å². The van der Waals surface area contributed by atoms with Crippen molar-refractivity contribution in [3.05, 3.63) is 20.8 Å². The number of halogens is 1. The van der Waals surface area contributed by atoms with E-state index in [1.54, 1.807) is 0 Å². The zero-order valence-electron chi connectivity index (χ0n) is 9.66. The van der Waals surface area contributed by atoms with E-state index < -0.39 is 0 Å². The standard InChI is InChI=1S/C12H19BrN2S/c1-2-15-6-3-4-9(8-14)11(15)12-10(13)5-7-16-12/h5,7,9,11H,2-4,6,8,14H2,1H3.